The number of aliphatic hydroxyl groups excluding tert-OH is 2. The summed E-state index contributed by atoms with van der Waals surface area (Å²) in [5.41, 5.74) is 0. The Morgan fingerprint density at radius 2 is 1.04 bits per heavy atom. The van der Waals surface area contributed by atoms with Crippen LogP contribution in [0.4, 0.5) is 0 Å². The average Bonchev–Trinajstić information content (AvgIpc) is 2.38. The summed E-state index contributed by atoms with van der Waals surface area (Å²) in [5, 5.41) is 55.1. The fraction of sp³-hybridized carbons (Fsp3) is 0.769. The Morgan fingerprint density at radius 1 is 0.826 bits per heavy atom. The number of hydrogen-bond acceptors (Lipinski definition) is 7. The first-order valence-electron chi connectivity index (χ1n) is 6.82. The van der Waals surface area contributed by atoms with Crippen LogP contribution in [0.15, 0.2) is 0 Å². The highest BCUT2D eigenvalue weighted by Gasteiger charge is 2.00. The third kappa shape index (κ3) is 78.8. The zero-order chi connectivity index (χ0) is 19.3. The van der Waals surface area contributed by atoms with E-state index in [2.05, 4.69) is 0 Å². The summed E-state index contributed by atoms with van der Waals surface area (Å²) < 4.78 is 0. The molecule has 0 aliphatic rings. The molecule has 0 aliphatic carbocycles. The zero-order valence-electron chi connectivity index (χ0n) is 13.3. The van der Waals surface area contributed by atoms with Crippen LogP contribution in [0.5, 0.6) is 0 Å². The van der Waals surface area contributed by atoms with Gasteiger partial charge in [-0.1, -0.05) is 26.7 Å². The lowest BCUT2D eigenvalue weighted by Crippen LogP contribution is -2.01. The van der Waals surface area contributed by atoms with Gasteiger partial charge in [-0.15, -0.1) is 0 Å². The van der Waals surface area contributed by atoms with E-state index in [0.717, 1.165) is 12.8 Å². The van der Waals surface area contributed by atoms with Gasteiger partial charge in [0.2, 0.25) is 0 Å². The van der Waals surface area contributed by atoms with E-state index < -0.39 is 24.5 Å². The minimum Gasteiger partial charge on any atom is -0.483 e. The van der Waals surface area contributed by atoms with E-state index in [0.29, 0.717) is 12.8 Å². The molecule has 0 aromatic rings. The van der Waals surface area contributed by atoms with Gasteiger partial charge in [-0.05, 0) is 12.8 Å². The summed E-state index contributed by atoms with van der Waals surface area (Å²) in [4.78, 5) is 27.6. The van der Waals surface area contributed by atoms with E-state index in [1.807, 2.05) is 13.8 Å². The number of carboxylic acids is 2. The maximum Gasteiger partial charge on any atom is 0.303 e. The molecule has 7 N–H and O–H groups in total. The van der Waals surface area contributed by atoms with E-state index in [4.69, 9.17) is 40.5 Å². The Hall–Kier alpha value is -1.75. The molecule has 0 aliphatic heterocycles. The van der Waals surface area contributed by atoms with E-state index >= 15 is 0 Å². The largest absolute Gasteiger partial charge is 0.483 e. The Labute approximate surface area is 134 Å². The number of aliphatic carboxylic acids is 2. The van der Waals surface area contributed by atoms with Gasteiger partial charge in [-0.25, -0.2) is 0 Å². The summed E-state index contributed by atoms with van der Waals surface area (Å²) in [6, 6.07) is 0. The van der Waals surface area contributed by atoms with Crippen LogP contribution in [0, 0.1) is 0 Å². The van der Waals surface area contributed by atoms with Gasteiger partial charge < -0.3 is 35.7 Å². The van der Waals surface area contributed by atoms with E-state index in [-0.39, 0.29) is 19.3 Å². The molecule has 0 atom stereocenters. The Kier molecular flexibility index (Phi) is 32.1. The lowest BCUT2D eigenvalue weighted by Gasteiger charge is -1.94. The normalized spacial score (nSPS) is 8.70. The molecular formula is C13H28O10. The van der Waals surface area contributed by atoms with Crippen LogP contribution >= 0.6 is 0 Å². The fourth-order valence-electron chi connectivity index (χ4n) is 0.730. The second kappa shape index (κ2) is 25.2. The maximum absolute atomic E-state index is 9.64. The lowest BCUT2D eigenvalue weighted by molar-refractivity contribution is -0.143. The molecule has 0 unspecified atom stereocenters. The molecule has 0 fully saturated rings. The minimum absolute atomic E-state index is 0.250. The summed E-state index contributed by atoms with van der Waals surface area (Å²) in [6.45, 7) is 3.55. The van der Waals surface area contributed by atoms with Crippen LogP contribution < -0.4 is 0 Å². The van der Waals surface area contributed by atoms with Gasteiger partial charge in [-0.3, -0.25) is 14.4 Å². The van der Waals surface area contributed by atoms with Crippen LogP contribution in [0.2, 0.25) is 0 Å². The fourth-order valence-corrected chi connectivity index (χ4v) is 0.730. The monoisotopic (exact) mass is 344 g/mol. The van der Waals surface area contributed by atoms with Gasteiger partial charge in [0.1, 0.15) is 0 Å². The molecule has 23 heavy (non-hydrogen) atoms. The molecule has 0 saturated heterocycles. The molecule has 10 heteroatoms. The second-order valence-corrected chi connectivity index (χ2v) is 3.93. The van der Waals surface area contributed by atoms with Gasteiger partial charge in [-0.2, -0.15) is 0 Å². The molecule has 0 aromatic carbocycles. The Bertz CT molecular complexity index is 241. The highest BCUT2D eigenvalue weighted by atomic mass is 16.5. The number of carbonyl (C=O) groups is 3. The molecule has 0 heterocycles. The maximum atomic E-state index is 9.64. The molecule has 140 valence electrons. The van der Waals surface area contributed by atoms with Gasteiger partial charge >= 0.3 is 11.9 Å². The number of hydrogen-bond donors (Lipinski definition) is 7. The second-order valence-electron chi connectivity index (χ2n) is 3.93. The van der Waals surface area contributed by atoms with Crippen molar-refractivity contribution in [2.75, 3.05) is 0 Å². The highest BCUT2D eigenvalue weighted by Crippen LogP contribution is 1.89. The molecule has 0 amide bonds. The predicted octanol–water partition coefficient (Wildman–Crippen LogP) is -0.169. The van der Waals surface area contributed by atoms with Crippen molar-refractivity contribution in [2.24, 2.45) is 0 Å². The summed E-state index contributed by atoms with van der Waals surface area (Å²) in [6.07, 6.45) is -0.162. The third-order valence-electron chi connectivity index (χ3n) is 1.65. The van der Waals surface area contributed by atoms with Crippen molar-refractivity contribution in [1.29, 1.82) is 0 Å². The van der Waals surface area contributed by atoms with Gasteiger partial charge in [0, 0.05) is 0 Å². The lowest BCUT2D eigenvalue weighted by atomic mass is 10.3. The SMILES string of the molecule is CCCC(O)O.CCCC(O)O.O=C(O)CCC(=O)O.O=CO. The standard InChI is InChI=1S/C4H6O4.2C4H10O2.CH2O2/c5-3(6)1-2-4(7)8;2*1-2-3-4(5)6;2-1-3/h1-2H2,(H,5,6)(H,7,8);2*4-6H,2-3H2,1H3;1H,(H,2,3). The molecule has 0 bridgehead atoms. The topological polar surface area (TPSA) is 193 Å². The van der Waals surface area contributed by atoms with E-state index in [1.165, 1.54) is 0 Å². The summed E-state index contributed by atoms with van der Waals surface area (Å²) in [7, 11) is 0. The highest BCUT2D eigenvalue weighted by molar-refractivity contribution is 5.75. The molecular weight excluding hydrogens is 316 g/mol. The van der Waals surface area contributed by atoms with Crippen LogP contribution in [-0.2, 0) is 14.4 Å². The first-order chi connectivity index (χ1) is 10.6. The summed E-state index contributed by atoms with van der Waals surface area (Å²) >= 11 is 0. The quantitative estimate of drug-likeness (QED) is 0.241. The van der Waals surface area contributed by atoms with E-state index in [9.17, 15) is 9.59 Å². The molecule has 0 radical (unpaired) electrons. The van der Waals surface area contributed by atoms with Crippen LogP contribution in [-0.4, -0.2) is 66.7 Å². The predicted molar refractivity (Wildman–Crippen MR) is 79.5 cm³/mol. The van der Waals surface area contributed by atoms with Crippen molar-refractivity contribution < 1.29 is 50.1 Å². The number of rotatable bonds is 7. The first kappa shape index (κ1) is 29.3. The zero-order valence-corrected chi connectivity index (χ0v) is 13.3. The smallest absolute Gasteiger partial charge is 0.303 e. The molecule has 10 nitrogen and oxygen atoms in total. The Balaban J connectivity index is -0.000000110. The van der Waals surface area contributed by atoms with Gasteiger partial charge in [0.25, 0.3) is 6.47 Å². The van der Waals surface area contributed by atoms with E-state index in [1.54, 1.807) is 0 Å². The van der Waals surface area contributed by atoms with Gasteiger partial charge in [0.15, 0.2) is 12.6 Å². The van der Waals surface area contributed by atoms with Crippen molar-refractivity contribution in [3.8, 4) is 0 Å². The molecule has 0 spiro atoms. The summed E-state index contributed by atoms with van der Waals surface area (Å²) in [5.74, 6) is -2.15. The molecule has 0 rings (SSSR count). The van der Waals surface area contributed by atoms with Crippen LogP contribution in [0.3, 0.4) is 0 Å². The number of aliphatic hydroxyl groups is 4. The van der Waals surface area contributed by atoms with Crippen molar-refractivity contribution in [3.05, 3.63) is 0 Å². The first-order valence-corrected chi connectivity index (χ1v) is 6.82. The average molecular weight is 344 g/mol. The van der Waals surface area contributed by atoms with Crippen molar-refractivity contribution in [2.45, 2.75) is 65.0 Å². The van der Waals surface area contributed by atoms with Gasteiger partial charge in [0.05, 0.1) is 12.8 Å². The minimum atomic E-state index is -1.10. The number of carboxylic acid groups (broad SMARTS) is 3. The van der Waals surface area contributed by atoms with Crippen molar-refractivity contribution in [1.82, 2.24) is 0 Å². The third-order valence-corrected chi connectivity index (χ3v) is 1.65. The molecule has 0 saturated carbocycles. The van der Waals surface area contributed by atoms with Crippen molar-refractivity contribution >= 4 is 18.4 Å². The van der Waals surface area contributed by atoms with Crippen LogP contribution in [0.1, 0.15) is 52.4 Å². The Morgan fingerprint density at radius 3 is 1.09 bits per heavy atom. The van der Waals surface area contributed by atoms with Crippen LogP contribution in [0.25, 0.3) is 0 Å². The van der Waals surface area contributed by atoms with Crippen molar-refractivity contribution in [3.63, 3.8) is 0 Å². The molecule has 0 aromatic heterocycles.